The van der Waals surface area contributed by atoms with Crippen LogP contribution < -0.4 is 0 Å². The highest BCUT2D eigenvalue weighted by Crippen LogP contribution is 2.34. The van der Waals surface area contributed by atoms with Crippen LogP contribution in [0.4, 0.5) is 0 Å². The predicted octanol–water partition coefficient (Wildman–Crippen LogP) is 2.86. The van der Waals surface area contributed by atoms with Crippen molar-refractivity contribution in [2.75, 3.05) is 0 Å². The van der Waals surface area contributed by atoms with Gasteiger partial charge in [0.25, 0.3) is 0 Å². The molecule has 15 heavy (non-hydrogen) atoms. The Kier molecular flexibility index (Phi) is 2.05. The Morgan fingerprint density at radius 1 is 1.33 bits per heavy atom. The van der Waals surface area contributed by atoms with Gasteiger partial charge in [-0.1, -0.05) is 18.2 Å². The molecule has 0 unspecified atom stereocenters. The van der Waals surface area contributed by atoms with Crippen molar-refractivity contribution in [3.63, 3.8) is 0 Å². The second-order valence-electron chi connectivity index (χ2n) is 4.13. The summed E-state index contributed by atoms with van der Waals surface area (Å²) in [4.78, 5) is 4.07. The lowest BCUT2D eigenvalue weighted by Crippen LogP contribution is -2.02. The molecule has 0 aliphatic heterocycles. The first-order valence-electron chi connectivity index (χ1n) is 5.50. The van der Waals surface area contributed by atoms with Gasteiger partial charge in [0.05, 0.1) is 6.33 Å². The van der Waals surface area contributed by atoms with E-state index in [0.717, 1.165) is 6.54 Å². The van der Waals surface area contributed by atoms with E-state index in [2.05, 4.69) is 27.8 Å². The summed E-state index contributed by atoms with van der Waals surface area (Å²) in [5, 5.41) is 0. The summed E-state index contributed by atoms with van der Waals surface area (Å²) in [6, 6.07) is 0. The molecule has 1 heterocycles. The van der Waals surface area contributed by atoms with Crippen LogP contribution >= 0.6 is 0 Å². The summed E-state index contributed by atoms with van der Waals surface area (Å²) in [6.07, 6.45) is 16.4. The van der Waals surface area contributed by atoms with Gasteiger partial charge in [-0.25, -0.2) is 4.98 Å². The van der Waals surface area contributed by atoms with E-state index in [1.54, 1.807) is 0 Å². The molecule has 3 rings (SSSR count). The quantitative estimate of drug-likeness (QED) is 0.714. The minimum atomic E-state index is 0.950. The molecule has 2 aliphatic carbocycles. The van der Waals surface area contributed by atoms with Gasteiger partial charge in [-0.05, 0) is 36.0 Å². The third kappa shape index (κ3) is 1.56. The average Bonchev–Trinajstić information content (AvgIpc) is 2.89. The van der Waals surface area contributed by atoms with Crippen molar-refractivity contribution < 1.29 is 0 Å². The molecule has 0 N–H and O–H groups in total. The van der Waals surface area contributed by atoms with Gasteiger partial charge in [0.1, 0.15) is 0 Å². The average molecular weight is 198 g/mol. The Labute approximate surface area is 89.6 Å². The summed E-state index contributed by atoms with van der Waals surface area (Å²) in [6.45, 7) is 0.950. The molecule has 2 aliphatic rings. The van der Waals surface area contributed by atoms with Crippen LogP contribution in [0.3, 0.4) is 0 Å². The molecule has 76 valence electrons. The zero-order chi connectivity index (χ0) is 10.1. The maximum absolute atomic E-state index is 4.07. The highest BCUT2D eigenvalue weighted by atomic mass is 15.0. The summed E-state index contributed by atoms with van der Waals surface area (Å²) in [7, 11) is 0. The van der Waals surface area contributed by atoms with Crippen molar-refractivity contribution >= 4 is 0 Å². The van der Waals surface area contributed by atoms with E-state index in [-0.39, 0.29) is 0 Å². The molecule has 2 nitrogen and oxygen atoms in total. The topological polar surface area (TPSA) is 17.8 Å². The normalized spacial score (nSPS) is 19.3. The fraction of sp³-hybridized carbons (Fsp3) is 0.308. The smallest absolute Gasteiger partial charge is 0.0949 e. The van der Waals surface area contributed by atoms with Crippen LogP contribution in [0.15, 0.2) is 53.7 Å². The Morgan fingerprint density at radius 3 is 3.20 bits per heavy atom. The Hall–Kier alpha value is -1.57. The zero-order valence-electron chi connectivity index (χ0n) is 8.69. The van der Waals surface area contributed by atoms with Gasteiger partial charge in [-0.15, -0.1) is 0 Å². The minimum absolute atomic E-state index is 0.950. The molecule has 0 aromatic carbocycles. The van der Waals surface area contributed by atoms with Crippen molar-refractivity contribution in [3.05, 3.63) is 53.7 Å². The number of aromatic nitrogens is 2. The highest BCUT2D eigenvalue weighted by molar-refractivity contribution is 5.55. The van der Waals surface area contributed by atoms with Gasteiger partial charge in [-0.3, -0.25) is 0 Å². The third-order valence-electron chi connectivity index (χ3n) is 3.09. The van der Waals surface area contributed by atoms with Crippen molar-refractivity contribution in [3.8, 4) is 0 Å². The van der Waals surface area contributed by atoms with Crippen LogP contribution in [0, 0.1) is 0 Å². The Morgan fingerprint density at radius 2 is 2.33 bits per heavy atom. The minimum Gasteiger partial charge on any atom is -0.333 e. The first kappa shape index (κ1) is 8.72. The Bertz CT molecular complexity index is 447. The molecule has 0 radical (unpaired) electrons. The maximum atomic E-state index is 4.07. The fourth-order valence-corrected chi connectivity index (χ4v) is 2.32. The molecular weight excluding hydrogens is 184 g/mol. The molecular formula is C13H14N2. The van der Waals surface area contributed by atoms with E-state index in [1.165, 1.54) is 36.0 Å². The molecule has 2 heteroatoms. The van der Waals surface area contributed by atoms with Gasteiger partial charge in [0, 0.05) is 18.9 Å². The van der Waals surface area contributed by atoms with Crippen molar-refractivity contribution in [1.82, 2.24) is 9.55 Å². The van der Waals surface area contributed by atoms with E-state index in [1.807, 2.05) is 18.7 Å². The van der Waals surface area contributed by atoms with Gasteiger partial charge in [0.2, 0.25) is 0 Å². The van der Waals surface area contributed by atoms with E-state index >= 15 is 0 Å². The van der Waals surface area contributed by atoms with Crippen LogP contribution in [0.1, 0.15) is 19.3 Å². The number of nitrogens with zero attached hydrogens (tertiary/aromatic N) is 2. The monoisotopic (exact) mass is 198 g/mol. The molecule has 0 atom stereocenters. The van der Waals surface area contributed by atoms with Crippen LogP contribution in [-0.2, 0) is 6.54 Å². The SMILES string of the molecule is C1=C2CCCC=C2C(Cn2ccnc2)=C1. The van der Waals surface area contributed by atoms with E-state index in [0.29, 0.717) is 0 Å². The zero-order valence-corrected chi connectivity index (χ0v) is 8.69. The molecule has 0 bridgehead atoms. The molecule has 0 amide bonds. The molecule has 1 aromatic heterocycles. The lowest BCUT2D eigenvalue weighted by Gasteiger charge is -2.15. The number of allylic oxidation sites excluding steroid dienone is 6. The lowest BCUT2D eigenvalue weighted by molar-refractivity contribution is 0.767. The second-order valence-corrected chi connectivity index (χ2v) is 4.13. The molecule has 1 aromatic rings. The van der Waals surface area contributed by atoms with Crippen molar-refractivity contribution in [2.45, 2.75) is 25.8 Å². The van der Waals surface area contributed by atoms with Crippen LogP contribution in [0.2, 0.25) is 0 Å². The van der Waals surface area contributed by atoms with Crippen LogP contribution in [0.5, 0.6) is 0 Å². The largest absolute Gasteiger partial charge is 0.333 e. The summed E-state index contributed by atoms with van der Waals surface area (Å²) >= 11 is 0. The van der Waals surface area contributed by atoms with Gasteiger partial charge in [0.15, 0.2) is 0 Å². The highest BCUT2D eigenvalue weighted by Gasteiger charge is 2.17. The predicted molar refractivity (Wildman–Crippen MR) is 60.3 cm³/mol. The fourth-order valence-electron chi connectivity index (χ4n) is 2.32. The summed E-state index contributed by atoms with van der Waals surface area (Å²) in [5.74, 6) is 0. The number of hydrogen-bond donors (Lipinski definition) is 0. The van der Waals surface area contributed by atoms with Crippen molar-refractivity contribution in [2.24, 2.45) is 0 Å². The number of hydrogen-bond acceptors (Lipinski definition) is 1. The third-order valence-corrected chi connectivity index (χ3v) is 3.09. The number of imidazole rings is 1. The standard InChI is InChI=1S/C13H14N2/c1-2-4-13-11(3-1)5-6-12(13)9-15-8-7-14-10-15/h4-8,10H,1-3,9H2. The van der Waals surface area contributed by atoms with Gasteiger partial charge >= 0.3 is 0 Å². The maximum Gasteiger partial charge on any atom is 0.0949 e. The number of fused-ring (bicyclic) bond motifs is 1. The van der Waals surface area contributed by atoms with Gasteiger partial charge < -0.3 is 4.57 Å². The van der Waals surface area contributed by atoms with E-state index in [9.17, 15) is 0 Å². The van der Waals surface area contributed by atoms with Crippen LogP contribution in [-0.4, -0.2) is 9.55 Å². The summed E-state index contributed by atoms with van der Waals surface area (Å²) in [5.41, 5.74) is 4.44. The summed E-state index contributed by atoms with van der Waals surface area (Å²) < 4.78 is 2.12. The first-order chi connectivity index (χ1) is 7.43. The van der Waals surface area contributed by atoms with Gasteiger partial charge in [-0.2, -0.15) is 0 Å². The Balaban J connectivity index is 1.82. The van der Waals surface area contributed by atoms with Crippen molar-refractivity contribution in [1.29, 1.82) is 0 Å². The first-order valence-corrected chi connectivity index (χ1v) is 5.50. The molecule has 0 saturated carbocycles. The molecule has 0 fully saturated rings. The van der Waals surface area contributed by atoms with E-state index < -0.39 is 0 Å². The molecule has 0 saturated heterocycles. The second kappa shape index (κ2) is 3.54. The van der Waals surface area contributed by atoms with Crippen LogP contribution in [0.25, 0.3) is 0 Å². The molecule has 0 spiro atoms. The lowest BCUT2D eigenvalue weighted by atomic mass is 9.92. The number of rotatable bonds is 2. The van der Waals surface area contributed by atoms with E-state index in [4.69, 9.17) is 0 Å².